The highest BCUT2D eigenvalue weighted by Gasteiger charge is 2.68. The maximum Gasteiger partial charge on any atom is 0.482 e. The van der Waals surface area contributed by atoms with Crippen molar-refractivity contribution in [2.45, 2.75) is 123 Å². The summed E-state index contributed by atoms with van der Waals surface area (Å²) in [6.07, 6.45) is 0.575. The number of benzene rings is 2. The van der Waals surface area contributed by atoms with E-state index < -0.39 is 94.7 Å². The molecule has 18 nitrogen and oxygen atoms in total. The zero-order valence-corrected chi connectivity index (χ0v) is 41.9. The first kappa shape index (κ1) is 53.0. The van der Waals surface area contributed by atoms with Crippen molar-refractivity contribution in [3.8, 4) is 17.2 Å². The van der Waals surface area contributed by atoms with Crippen LogP contribution in [-0.2, 0) is 39.6 Å². The molecule has 2 bridgehead atoms. The molecule has 69 heavy (non-hydrogen) atoms. The van der Waals surface area contributed by atoms with Crippen molar-refractivity contribution >= 4 is 54.5 Å². The number of carbonyl (C=O) groups excluding carboxylic acids is 6. The topological polar surface area (TPSA) is 210 Å². The highest BCUT2D eigenvalue weighted by Crippen LogP contribution is 2.66. The van der Waals surface area contributed by atoms with Gasteiger partial charge in [0.2, 0.25) is 5.91 Å². The van der Waals surface area contributed by atoms with Crippen molar-refractivity contribution < 1.29 is 70.5 Å². The molecular formula is C47H63BClF2N5O13. The number of alkyl carbamates (subject to hydrolysis) is 1. The fraction of sp³-hybridized carbons (Fsp3) is 0.617. The van der Waals surface area contributed by atoms with Crippen LogP contribution in [0.1, 0.15) is 109 Å². The Morgan fingerprint density at radius 2 is 1.54 bits per heavy atom. The van der Waals surface area contributed by atoms with Gasteiger partial charge in [-0.25, -0.2) is 23.2 Å². The van der Waals surface area contributed by atoms with Crippen molar-refractivity contribution in [3.05, 3.63) is 51.5 Å². The summed E-state index contributed by atoms with van der Waals surface area (Å²) in [6, 6.07) is 0.214. The maximum absolute atomic E-state index is 15.9. The van der Waals surface area contributed by atoms with Gasteiger partial charge in [0.15, 0.2) is 17.3 Å². The molecule has 2 saturated heterocycles. The molecule has 0 radical (unpaired) electrons. The van der Waals surface area contributed by atoms with Crippen molar-refractivity contribution in [3.63, 3.8) is 0 Å². The average molecular weight is 990 g/mol. The normalized spacial score (nSPS) is 22.7. The third-order valence-electron chi connectivity index (χ3n) is 13.3. The molecule has 2 aromatic carbocycles. The minimum absolute atomic E-state index is 0.0605. The van der Waals surface area contributed by atoms with Crippen LogP contribution in [0, 0.1) is 28.9 Å². The number of piperazine rings is 1. The number of amides is 6. The number of imide groups is 1. The van der Waals surface area contributed by atoms with E-state index in [1.165, 1.54) is 32.3 Å². The molecule has 3 N–H and O–H groups in total. The molecule has 2 heterocycles. The maximum atomic E-state index is 15.9. The molecule has 2 aromatic rings. The lowest BCUT2D eigenvalue weighted by atomic mass is 9.43. The largest absolute Gasteiger partial charge is 0.495 e. The van der Waals surface area contributed by atoms with E-state index in [9.17, 15) is 24.0 Å². The summed E-state index contributed by atoms with van der Waals surface area (Å²) in [5.41, 5.74) is -3.16. The van der Waals surface area contributed by atoms with Gasteiger partial charge in [0.25, 0.3) is 0 Å². The number of methoxy groups -OCH3 is 3. The van der Waals surface area contributed by atoms with E-state index in [1.807, 2.05) is 6.92 Å². The van der Waals surface area contributed by atoms with Gasteiger partial charge in [-0.2, -0.15) is 0 Å². The van der Waals surface area contributed by atoms with Crippen LogP contribution in [-0.4, -0.2) is 129 Å². The van der Waals surface area contributed by atoms with E-state index in [-0.39, 0.29) is 84.1 Å². The first-order valence-corrected chi connectivity index (χ1v) is 23.2. The second kappa shape index (κ2) is 20.1. The lowest BCUT2D eigenvalue weighted by Crippen LogP contribution is -2.65. The second-order valence-electron chi connectivity index (χ2n) is 20.5. The number of urea groups is 1. The molecule has 6 amide bonds. The van der Waals surface area contributed by atoms with Crippen molar-refractivity contribution in [2.75, 3.05) is 47.5 Å². The minimum Gasteiger partial charge on any atom is -0.495 e. The molecular weight excluding hydrogens is 927 g/mol. The Hall–Kier alpha value is -5.41. The third-order valence-corrected chi connectivity index (χ3v) is 13.7. The Bertz CT molecular complexity index is 2360. The molecule has 378 valence electrons. The van der Waals surface area contributed by atoms with E-state index in [0.29, 0.717) is 17.2 Å². The zero-order valence-electron chi connectivity index (χ0n) is 41.2. The van der Waals surface area contributed by atoms with Gasteiger partial charge < -0.3 is 53.8 Å². The number of hydrogen-bond donors (Lipinski definition) is 3. The molecule has 7 rings (SSSR count). The number of esters is 1. The fourth-order valence-electron chi connectivity index (χ4n) is 9.83. The standard InChI is InChI=1S/C47H63BClF2N5O13/c1-44(2,3)66-41(60)32-27(50)15-14-24(35(32)63-10)20-31(48-68-30-22-25-21-29(46(25,7)8)47(30,9)69-48)53-38(57)34(26-23-28(51)36(64-11)37(65-12)33(26)49)54-42(61)56-19-18-55(39(58)40(56)59)17-13-16-52-43(62)67-45(4,5)6/h14-15,23,25,29-31,34H,13,16-22H2,1-12H3,(H,52,62)(H,53,57)(H,54,61)/t25-,29-,30+,31-,34?,47-/m0/s1. The third kappa shape index (κ3) is 11.0. The lowest BCUT2D eigenvalue weighted by Gasteiger charge is -2.64. The first-order valence-electron chi connectivity index (χ1n) is 22.9. The summed E-state index contributed by atoms with van der Waals surface area (Å²) in [5.74, 6) is -7.82. The lowest BCUT2D eigenvalue weighted by molar-refractivity contribution is -0.199. The van der Waals surface area contributed by atoms with E-state index in [0.717, 1.165) is 18.6 Å². The predicted molar refractivity (Wildman–Crippen MR) is 247 cm³/mol. The molecule has 22 heteroatoms. The van der Waals surface area contributed by atoms with Gasteiger partial charge in [-0.05, 0) is 109 Å². The monoisotopic (exact) mass is 989 g/mol. The van der Waals surface area contributed by atoms with E-state index in [2.05, 4.69) is 29.8 Å². The minimum atomic E-state index is -1.90. The van der Waals surface area contributed by atoms with Crippen molar-refractivity contribution in [1.82, 2.24) is 25.8 Å². The predicted octanol–water partition coefficient (Wildman–Crippen LogP) is 5.93. The Morgan fingerprint density at radius 1 is 0.884 bits per heavy atom. The van der Waals surface area contributed by atoms with Gasteiger partial charge in [0, 0.05) is 31.7 Å². The summed E-state index contributed by atoms with van der Waals surface area (Å²) in [6.45, 7) is 16.1. The SMILES string of the molecule is COc1c(F)cc(C(NC(=O)N2CCN(CCCNC(=O)OC(C)(C)C)C(=O)C2=O)C(=O)N[C@@H](Cc2ccc(F)c(C(=O)OC(C)(C)C)c2OC)B2O[C@@H]3C[C@@H]4C[C@@H](C4(C)C)[C@]3(C)O2)c(Cl)c1OC. The Morgan fingerprint density at radius 3 is 2.14 bits per heavy atom. The molecule has 3 saturated carbocycles. The van der Waals surface area contributed by atoms with Crippen LogP contribution in [0.15, 0.2) is 18.2 Å². The number of nitrogens with one attached hydrogen (secondary N) is 3. The smallest absolute Gasteiger partial charge is 0.482 e. The number of halogens is 3. The van der Waals surface area contributed by atoms with Crippen LogP contribution in [0.5, 0.6) is 17.2 Å². The van der Waals surface area contributed by atoms with Gasteiger partial charge in [0.05, 0.1) is 44.0 Å². The highest BCUT2D eigenvalue weighted by molar-refractivity contribution is 6.48. The molecule has 1 unspecified atom stereocenters. The number of ether oxygens (including phenoxy) is 5. The molecule has 0 aromatic heterocycles. The number of hydrogen-bond acceptors (Lipinski definition) is 13. The summed E-state index contributed by atoms with van der Waals surface area (Å²) in [4.78, 5) is 83.5. The summed E-state index contributed by atoms with van der Waals surface area (Å²) >= 11 is 6.82. The molecule has 2 aliphatic heterocycles. The van der Waals surface area contributed by atoms with Gasteiger partial charge in [-0.1, -0.05) is 31.5 Å². The van der Waals surface area contributed by atoms with E-state index in [4.69, 9.17) is 44.6 Å². The highest BCUT2D eigenvalue weighted by atomic mass is 35.5. The molecule has 5 fully saturated rings. The average Bonchev–Trinajstić information content (AvgIpc) is 3.62. The van der Waals surface area contributed by atoms with Crippen molar-refractivity contribution in [2.24, 2.45) is 17.3 Å². The van der Waals surface area contributed by atoms with E-state index >= 15 is 13.6 Å². The zero-order chi connectivity index (χ0) is 51.1. The second-order valence-corrected chi connectivity index (χ2v) is 20.9. The molecule has 6 atom stereocenters. The van der Waals surface area contributed by atoms with Crippen LogP contribution < -0.4 is 30.2 Å². The Kier molecular flexibility index (Phi) is 15.5. The fourth-order valence-corrected chi connectivity index (χ4v) is 10.2. The quantitative estimate of drug-likeness (QED) is 0.0819. The molecule has 5 aliphatic rings. The molecule has 0 spiro atoms. The van der Waals surface area contributed by atoms with Crippen molar-refractivity contribution in [1.29, 1.82) is 0 Å². The summed E-state index contributed by atoms with van der Waals surface area (Å²) in [7, 11) is 2.44. The van der Waals surface area contributed by atoms with Crippen LogP contribution in [0.2, 0.25) is 5.02 Å². The Balaban J connectivity index is 1.32. The van der Waals surface area contributed by atoms with Gasteiger partial charge >= 0.3 is 37.0 Å². The summed E-state index contributed by atoms with van der Waals surface area (Å²) in [5, 5.41) is 7.62. The number of rotatable bonds is 15. The Labute approximate surface area is 406 Å². The molecule has 3 aliphatic carbocycles. The van der Waals surface area contributed by atoms with Crippen LogP contribution in [0.25, 0.3) is 0 Å². The van der Waals surface area contributed by atoms with Gasteiger partial charge in [-0.3, -0.25) is 19.3 Å². The van der Waals surface area contributed by atoms with Crippen LogP contribution >= 0.6 is 11.6 Å². The van der Waals surface area contributed by atoms with Gasteiger partial charge in [0.1, 0.15) is 34.4 Å². The van der Waals surface area contributed by atoms with Gasteiger partial charge in [-0.15, -0.1) is 0 Å². The number of carbonyl (C=O) groups is 6. The van der Waals surface area contributed by atoms with Crippen LogP contribution in [0.4, 0.5) is 18.4 Å². The summed E-state index contributed by atoms with van der Waals surface area (Å²) < 4.78 is 71.8. The van der Waals surface area contributed by atoms with Crippen LogP contribution in [0.3, 0.4) is 0 Å². The first-order chi connectivity index (χ1) is 32.1. The number of nitrogens with zero attached hydrogens (tertiary/aromatic N) is 2. The van der Waals surface area contributed by atoms with E-state index in [1.54, 1.807) is 41.5 Å².